The molecule has 0 bridgehead atoms. The third kappa shape index (κ3) is 3.90. The van der Waals surface area contributed by atoms with Crippen LogP contribution in [0.1, 0.15) is 45.4 Å². The molecular formula is C16H31NO2S. The summed E-state index contributed by atoms with van der Waals surface area (Å²) in [5.74, 6) is 3.22. The van der Waals surface area contributed by atoms with Gasteiger partial charge in [0.05, 0.1) is 11.7 Å². The van der Waals surface area contributed by atoms with Crippen LogP contribution in [-0.4, -0.2) is 50.0 Å². The van der Waals surface area contributed by atoms with E-state index in [2.05, 4.69) is 31.1 Å². The molecule has 2 saturated heterocycles. The Morgan fingerprint density at radius 1 is 1.40 bits per heavy atom. The van der Waals surface area contributed by atoms with Gasteiger partial charge < -0.3 is 14.8 Å². The molecule has 2 aliphatic heterocycles. The Morgan fingerprint density at radius 3 is 2.75 bits per heavy atom. The van der Waals surface area contributed by atoms with Crippen molar-refractivity contribution in [2.75, 3.05) is 32.3 Å². The molecule has 2 fully saturated rings. The molecule has 2 heterocycles. The third-order valence-corrected chi connectivity index (χ3v) is 6.04. The molecule has 1 spiro atoms. The van der Waals surface area contributed by atoms with Gasteiger partial charge in [0.15, 0.2) is 0 Å². The first kappa shape index (κ1) is 16.6. The van der Waals surface area contributed by atoms with Gasteiger partial charge in [0.25, 0.3) is 0 Å². The average molecular weight is 301 g/mol. The van der Waals surface area contributed by atoms with Crippen LogP contribution in [0.3, 0.4) is 0 Å². The molecule has 20 heavy (non-hydrogen) atoms. The second-order valence-electron chi connectivity index (χ2n) is 6.27. The molecule has 3 nitrogen and oxygen atoms in total. The van der Waals surface area contributed by atoms with Gasteiger partial charge in [0.1, 0.15) is 0 Å². The van der Waals surface area contributed by atoms with Crippen molar-refractivity contribution in [3.63, 3.8) is 0 Å². The van der Waals surface area contributed by atoms with Crippen molar-refractivity contribution in [2.24, 2.45) is 5.92 Å². The standard InChI is InChI=1S/C16H31NO2S/c1-4-5-14(18-3)15(17-2)13-6-9-19-16(12-13)7-10-20-11-8-16/h13-15,17H,4-12H2,1-3H3. The summed E-state index contributed by atoms with van der Waals surface area (Å²) < 4.78 is 12.0. The second kappa shape index (κ2) is 8.02. The lowest BCUT2D eigenvalue weighted by Crippen LogP contribution is -2.52. The lowest BCUT2D eigenvalue weighted by Gasteiger charge is -2.46. The topological polar surface area (TPSA) is 30.5 Å². The molecule has 0 saturated carbocycles. The Morgan fingerprint density at radius 2 is 2.15 bits per heavy atom. The van der Waals surface area contributed by atoms with Gasteiger partial charge in [-0.1, -0.05) is 13.3 Å². The zero-order valence-electron chi connectivity index (χ0n) is 13.3. The fraction of sp³-hybridized carbons (Fsp3) is 1.00. The molecule has 0 radical (unpaired) electrons. The molecule has 3 atom stereocenters. The van der Waals surface area contributed by atoms with E-state index in [1.807, 2.05) is 7.11 Å². The number of rotatable bonds is 6. The highest BCUT2D eigenvalue weighted by Gasteiger charge is 2.42. The average Bonchev–Trinajstić information content (AvgIpc) is 2.48. The molecular weight excluding hydrogens is 270 g/mol. The highest BCUT2D eigenvalue weighted by Crippen LogP contribution is 2.41. The number of methoxy groups -OCH3 is 1. The van der Waals surface area contributed by atoms with Crippen molar-refractivity contribution >= 4 is 11.8 Å². The minimum atomic E-state index is 0.174. The van der Waals surface area contributed by atoms with Crippen LogP contribution in [0, 0.1) is 5.92 Å². The smallest absolute Gasteiger partial charge is 0.0726 e. The van der Waals surface area contributed by atoms with E-state index in [9.17, 15) is 0 Å². The SMILES string of the molecule is CCCC(OC)C(NC)C1CCOC2(CCSCC2)C1. The second-order valence-corrected chi connectivity index (χ2v) is 7.50. The van der Waals surface area contributed by atoms with E-state index >= 15 is 0 Å². The lowest BCUT2D eigenvalue weighted by molar-refractivity contribution is -0.115. The Labute approximate surface area is 128 Å². The Hall–Kier alpha value is 0.230. The Bertz CT molecular complexity index is 276. The van der Waals surface area contributed by atoms with E-state index in [0.717, 1.165) is 13.0 Å². The number of hydrogen-bond donors (Lipinski definition) is 1. The summed E-state index contributed by atoms with van der Waals surface area (Å²) >= 11 is 2.08. The molecule has 2 rings (SSSR count). The highest BCUT2D eigenvalue weighted by molar-refractivity contribution is 7.99. The molecule has 0 amide bonds. The quantitative estimate of drug-likeness (QED) is 0.817. The van der Waals surface area contributed by atoms with Gasteiger partial charge >= 0.3 is 0 Å². The summed E-state index contributed by atoms with van der Waals surface area (Å²) in [4.78, 5) is 0. The molecule has 1 N–H and O–H groups in total. The van der Waals surface area contributed by atoms with Gasteiger partial charge in [0, 0.05) is 19.8 Å². The maximum atomic E-state index is 6.22. The van der Waals surface area contributed by atoms with Gasteiger partial charge in [0.2, 0.25) is 0 Å². The number of thioether (sulfide) groups is 1. The van der Waals surface area contributed by atoms with E-state index in [4.69, 9.17) is 9.47 Å². The van der Waals surface area contributed by atoms with Crippen molar-refractivity contribution < 1.29 is 9.47 Å². The van der Waals surface area contributed by atoms with Gasteiger partial charge in [-0.2, -0.15) is 11.8 Å². The van der Waals surface area contributed by atoms with Crippen molar-refractivity contribution in [3.05, 3.63) is 0 Å². The fourth-order valence-electron chi connectivity index (χ4n) is 3.92. The summed E-state index contributed by atoms with van der Waals surface area (Å²) in [5.41, 5.74) is 0.174. The van der Waals surface area contributed by atoms with Crippen molar-refractivity contribution in [1.82, 2.24) is 5.32 Å². The van der Waals surface area contributed by atoms with Crippen LogP contribution in [0.25, 0.3) is 0 Å². The molecule has 3 unspecified atom stereocenters. The molecule has 0 aromatic heterocycles. The summed E-state index contributed by atoms with van der Waals surface area (Å²) in [6.07, 6.45) is 7.51. The molecule has 2 aliphatic rings. The number of nitrogens with one attached hydrogen (secondary N) is 1. The highest BCUT2D eigenvalue weighted by atomic mass is 32.2. The predicted molar refractivity (Wildman–Crippen MR) is 86.5 cm³/mol. The summed E-state index contributed by atoms with van der Waals surface area (Å²) in [6.45, 7) is 3.17. The monoisotopic (exact) mass is 301 g/mol. The zero-order chi connectivity index (χ0) is 14.4. The largest absolute Gasteiger partial charge is 0.380 e. The van der Waals surface area contributed by atoms with E-state index in [0.29, 0.717) is 18.1 Å². The van der Waals surface area contributed by atoms with E-state index < -0.39 is 0 Å². The number of ether oxygens (including phenoxy) is 2. The van der Waals surface area contributed by atoms with Crippen LogP contribution in [0.15, 0.2) is 0 Å². The molecule has 4 heteroatoms. The minimum absolute atomic E-state index is 0.174. The summed E-state index contributed by atoms with van der Waals surface area (Å²) in [5, 5.41) is 3.54. The van der Waals surface area contributed by atoms with Crippen LogP contribution in [-0.2, 0) is 9.47 Å². The van der Waals surface area contributed by atoms with Crippen LogP contribution in [0.2, 0.25) is 0 Å². The fourth-order valence-corrected chi connectivity index (χ4v) is 5.15. The lowest BCUT2D eigenvalue weighted by atomic mass is 9.77. The van der Waals surface area contributed by atoms with Gasteiger partial charge in [-0.15, -0.1) is 0 Å². The first-order chi connectivity index (χ1) is 9.74. The zero-order valence-corrected chi connectivity index (χ0v) is 14.1. The molecule has 0 aromatic carbocycles. The van der Waals surface area contributed by atoms with E-state index in [1.54, 1.807) is 0 Å². The number of hydrogen-bond acceptors (Lipinski definition) is 4. The maximum absolute atomic E-state index is 6.22. The number of likely N-dealkylation sites (N-methyl/N-ethyl adjacent to an activating group) is 1. The van der Waals surface area contributed by atoms with Crippen molar-refractivity contribution in [1.29, 1.82) is 0 Å². The molecule has 0 aliphatic carbocycles. The van der Waals surface area contributed by atoms with Crippen LogP contribution in [0.5, 0.6) is 0 Å². The van der Waals surface area contributed by atoms with Gasteiger partial charge in [-0.05, 0) is 56.6 Å². The maximum Gasteiger partial charge on any atom is 0.0726 e. The van der Waals surface area contributed by atoms with E-state index in [1.165, 1.54) is 43.6 Å². The van der Waals surface area contributed by atoms with Crippen LogP contribution >= 0.6 is 11.8 Å². The first-order valence-corrected chi connectivity index (χ1v) is 9.32. The summed E-state index contributed by atoms with van der Waals surface area (Å²) in [6, 6.07) is 0.468. The van der Waals surface area contributed by atoms with Crippen LogP contribution < -0.4 is 5.32 Å². The van der Waals surface area contributed by atoms with E-state index in [-0.39, 0.29) is 5.60 Å². The van der Waals surface area contributed by atoms with Crippen LogP contribution in [0.4, 0.5) is 0 Å². The summed E-state index contributed by atoms with van der Waals surface area (Å²) in [7, 11) is 3.95. The van der Waals surface area contributed by atoms with Gasteiger partial charge in [-0.3, -0.25) is 0 Å². The van der Waals surface area contributed by atoms with Crippen molar-refractivity contribution in [2.45, 2.75) is 63.2 Å². The minimum Gasteiger partial charge on any atom is -0.380 e. The third-order valence-electron chi connectivity index (χ3n) is 5.05. The van der Waals surface area contributed by atoms with Crippen molar-refractivity contribution in [3.8, 4) is 0 Å². The van der Waals surface area contributed by atoms with Gasteiger partial charge in [-0.25, -0.2) is 0 Å². The predicted octanol–water partition coefficient (Wildman–Crippen LogP) is 3.08. The molecule has 118 valence electrons. The normalized spacial score (nSPS) is 29.2. The first-order valence-electron chi connectivity index (χ1n) is 8.16. The Kier molecular flexibility index (Phi) is 6.66. The molecule has 0 aromatic rings. The Balaban J connectivity index is 2.01.